The summed E-state index contributed by atoms with van der Waals surface area (Å²) in [6.07, 6.45) is 6.12. The van der Waals surface area contributed by atoms with Gasteiger partial charge in [0, 0.05) is 11.9 Å². The maximum atomic E-state index is 11.4. The fourth-order valence-corrected chi connectivity index (χ4v) is 2.55. The van der Waals surface area contributed by atoms with Crippen LogP contribution in [0.25, 0.3) is 0 Å². The first-order valence-corrected chi connectivity index (χ1v) is 5.91. The van der Waals surface area contributed by atoms with E-state index in [9.17, 15) is 4.79 Å². The molecule has 1 amide bonds. The second-order valence-corrected chi connectivity index (χ2v) is 4.74. The van der Waals surface area contributed by atoms with Gasteiger partial charge in [-0.05, 0) is 42.7 Å². The zero-order valence-corrected chi connectivity index (χ0v) is 9.92. The maximum absolute atomic E-state index is 11.4. The van der Waals surface area contributed by atoms with Crippen molar-refractivity contribution < 1.29 is 4.79 Å². The lowest BCUT2D eigenvalue weighted by atomic mass is 9.85. The molecular weight excluding hydrogens is 200 g/mol. The Hall–Kier alpha value is -1.38. The van der Waals surface area contributed by atoms with Crippen LogP contribution in [0.4, 0.5) is 0 Å². The Morgan fingerprint density at radius 2 is 2.06 bits per heavy atom. The number of hydrogen-bond acceptors (Lipinski definition) is 2. The molecular formula is C13H18N2O. The zero-order valence-electron chi connectivity index (χ0n) is 9.92. The highest BCUT2D eigenvalue weighted by Gasteiger charge is 2.21. The number of carbonyl (C=O) groups excluding carboxylic acids is 1. The zero-order chi connectivity index (χ0) is 11.7. The molecule has 1 aliphatic rings. The highest BCUT2D eigenvalue weighted by Crippen LogP contribution is 2.30. The number of amides is 1. The van der Waals surface area contributed by atoms with Gasteiger partial charge in [0.25, 0.3) is 5.91 Å². The van der Waals surface area contributed by atoms with Gasteiger partial charge in [-0.25, -0.2) is 0 Å². The minimum atomic E-state index is -0.357. The summed E-state index contributed by atoms with van der Waals surface area (Å²) in [4.78, 5) is 15.8. The lowest BCUT2D eigenvalue weighted by Crippen LogP contribution is -2.19. The molecule has 0 aliphatic heterocycles. The van der Waals surface area contributed by atoms with Crippen molar-refractivity contribution in [1.82, 2.24) is 4.98 Å². The predicted octanol–water partition coefficient (Wildman–Crippen LogP) is 2.18. The molecule has 0 spiro atoms. The van der Waals surface area contributed by atoms with Crippen LogP contribution in [0.2, 0.25) is 0 Å². The van der Waals surface area contributed by atoms with E-state index in [0.29, 0.717) is 11.5 Å². The monoisotopic (exact) mass is 218 g/mol. The Morgan fingerprint density at radius 3 is 2.69 bits per heavy atom. The molecule has 0 saturated heterocycles. The highest BCUT2D eigenvalue weighted by molar-refractivity contribution is 5.94. The lowest BCUT2D eigenvalue weighted by Gasteiger charge is -2.22. The summed E-state index contributed by atoms with van der Waals surface area (Å²) >= 11 is 0. The van der Waals surface area contributed by atoms with Gasteiger partial charge < -0.3 is 5.73 Å². The number of pyridine rings is 1. The first-order chi connectivity index (χ1) is 7.61. The summed E-state index contributed by atoms with van der Waals surface area (Å²) in [6.45, 7) is 4.22. The SMILES string of the molecule is CC(C)c1c(C(N)=O)cnc2c1CCCC2. The summed E-state index contributed by atoms with van der Waals surface area (Å²) in [5.74, 6) is -0.0260. The lowest BCUT2D eigenvalue weighted by molar-refractivity contribution is 0.0998. The van der Waals surface area contributed by atoms with Crippen molar-refractivity contribution in [3.8, 4) is 0 Å². The fraction of sp³-hybridized carbons (Fsp3) is 0.538. The summed E-state index contributed by atoms with van der Waals surface area (Å²) in [7, 11) is 0. The van der Waals surface area contributed by atoms with Gasteiger partial charge >= 0.3 is 0 Å². The van der Waals surface area contributed by atoms with E-state index < -0.39 is 0 Å². The van der Waals surface area contributed by atoms with Gasteiger partial charge in [0.1, 0.15) is 0 Å². The average molecular weight is 218 g/mol. The molecule has 16 heavy (non-hydrogen) atoms. The Morgan fingerprint density at radius 1 is 1.38 bits per heavy atom. The van der Waals surface area contributed by atoms with Crippen molar-refractivity contribution in [2.75, 3.05) is 0 Å². The highest BCUT2D eigenvalue weighted by atomic mass is 16.1. The molecule has 1 aliphatic carbocycles. The Balaban J connectivity index is 2.61. The third-order valence-corrected chi connectivity index (χ3v) is 3.25. The van der Waals surface area contributed by atoms with Crippen LogP contribution in [0.3, 0.4) is 0 Å². The largest absolute Gasteiger partial charge is 0.366 e. The number of nitrogens with zero attached hydrogens (tertiary/aromatic N) is 1. The van der Waals surface area contributed by atoms with Crippen molar-refractivity contribution in [2.45, 2.75) is 45.4 Å². The molecule has 0 radical (unpaired) electrons. The molecule has 1 aromatic heterocycles. The Bertz CT molecular complexity index is 424. The first kappa shape index (κ1) is 11.1. The third-order valence-electron chi connectivity index (χ3n) is 3.25. The molecule has 1 aromatic rings. The van der Waals surface area contributed by atoms with Gasteiger partial charge in [-0.15, -0.1) is 0 Å². The number of fused-ring (bicyclic) bond motifs is 1. The van der Waals surface area contributed by atoms with Crippen LogP contribution in [-0.4, -0.2) is 10.9 Å². The molecule has 3 nitrogen and oxygen atoms in total. The van der Waals surface area contributed by atoms with Gasteiger partial charge in [0.15, 0.2) is 0 Å². The standard InChI is InChI=1S/C13H18N2O/c1-8(2)12-9-5-3-4-6-11(9)15-7-10(12)13(14)16/h7-8H,3-6H2,1-2H3,(H2,14,16). The second-order valence-electron chi connectivity index (χ2n) is 4.74. The molecule has 0 unspecified atom stereocenters. The van der Waals surface area contributed by atoms with Crippen molar-refractivity contribution in [3.63, 3.8) is 0 Å². The van der Waals surface area contributed by atoms with Crippen LogP contribution in [-0.2, 0) is 12.8 Å². The van der Waals surface area contributed by atoms with Gasteiger partial charge in [-0.3, -0.25) is 9.78 Å². The van der Waals surface area contributed by atoms with Crippen LogP contribution in [0, 0.1) is 0 Å². The van der Waals surface area contributed by atoms with E-state index in [2.05, 4.69) is 18.8 Å². The van der Waals surface area contributed by atoms with Crippen molar-refractivity contribution >= 4 is 5.91 Å². The second kappa shape index (κ2) is 4.24. The third kappa shape index (κ3) is 1.82. The maximum Gasteiger partial charge on any atom is 0.250 e. The van der Waals surface area contributed by atoms with Crippen LogP contribution < -0.4 is 5.73 Å². The van der Waals surface area contributed by atoms with E-state index in [-0.39, 0.29) is 5.91 Å². The van der Waals surface area contributed by atoms with Gasteiger partial charge in [-0.1, -0.05) is 13.8 Å². The number of carbonyl (C=O) groups is 1. The molecule has 3 heteroatoms. The van der Waals surface area contributed by atoms with Crippen LogP contribution >= 0.6 is 0 Å². The van der Waals surface area contributed by atoms with Crippen molar-refractivity contribution in [3.05, 3.63) is 28.6 Å². The van der Waals surface area contributed by atoms with E-state index in [1.165, 1.54) is 24.1 Å². The number of primary amides is 1. The van der Waals surface area contributed by atoms with E-state index in [1.54, 1.807) is 6.20 Å². The topological polar surface area (TPSA) is 56.0 Å². The fourth-order valence-electron chi connectivity index (χ4n) is 2.55. The van der Waals surface area contributed by atoms with E-state index in [1.807, 2.05) is 0 Å². The van der Waals surface area contributed by atoms with E-state index >= 15 is 0 Å². The minimum absolute atomic E-state index is 0.331. The van der Waals surface area contributed by atoms with Gasteiger partial charge in [0.2, 0.25) is 0 Å². The van der Waals surface area contributed by atoms with Gasteiger partial charge in [0.05, 0.1) is 5.56 Å². The Labute approximate surface area is 96.1 Å². The normalized spacial score (nSPS) is 14.9. The van der Waals surface area contributed by atoms with Crippen LogP contribution in [0.15, 0.2) is 6.20 Å². The van der Waals surface area contributed by atoms with E-state index in [0.717, 1.165) is 18.4 Å². The summed E-state index contributed by atoms with van der Waals surface area (Å²) in [5, 5.41) is 0. The number of aryl methyl sites for hydroxylation is 1. The van der Waals surface area contributed by atoms with E-state index in [4.69, 9.17) is 5.73 Å². The van der Waals surface area contributed by atoms with Crippen molar-refractivity contribution in [2.24, 2.45) is 5.73 Å². The smallest absolute Gasteiger partial charge is 0.250 e. The van der Waals surface area contributed by atoms with Crippen molar-refractivity contribution in [1.29, 1.82) is 0 Å². The average Bonchev–Trinajstić information content (AvgIpc) is 2.27. The molecule has 0 aromatic carbocycles. The first-order valence-electron chi connectivity index (χ1n) is 5.91. The molecule has 0 fully saturated rings. The quantitative estimate of drug-likeness (QED) is 0.827. The van der Waals surface area contributed by atoms with Gasteiger partial charge in [-0.2, -0.15) is 0 Å². The molecule has 86 valence electrons. The summed E-state index contributed by atoms with van der Waals surface area (Å²) < 4.78 is 0. The molecule has 0 bridgehead atoms. The molecule has 0 atom stereocenters. The van der Waals surface area contributed by atoms with Crippen LogP contribution in [0.1, 0.15) is 59.8 Å². The number of nitrogens with two attached hydrogens (primary N) is 1. The van der Waals surface area contributed by atoms with Crippen LogP contribution in [0.5, 0.6) is 0 Å². The molecule has 2 rings (SSSR count). The Kier molecular flexibility index (Phi) is 2.95. The predicted molar refractivity (Wildman–Crippen MR) is 63.5 cm³/mol. The summed E-state index contributed by atoms with van der Waals surface area (Å²) in [5.41, 5.74) is 9.58. The minimum Gasteiger partial charge on any atom is -0.366 e. The molecule has 1 heterocycles. The molecule has 2 N–H and O–H groups in total. The number of aromatic nitrogens is 1. The number of hydrogen-bond donors (Lipinski definition) is 1. The number of rotatable bonds is 2. The summed E-state index contributed by atoms with van der Waals surface area (Å²) in [6, 6.07) is 0. The molecule has 0 saturated carbocycles.